The van der Waals surface area contributed by atoms with Crippen molar-refractivity contribution in [2.45, 2.75) is 38.6 Å². The van der Waals surface area contributed by atoms with E-state index in [4.69, 9.17) is 4.74 Å². The summed E-state index contributed by atoms with van der Waals surface area (Å²) in [7, 11) is 0. The molecule has 24 heavy (non-hydrogen) atoms. The highest BCUT2D eigenvalue weighted by Crippen LogP contribution is 2.29. The van der Waals surface area contributed by atoms with Crippen molar-refractivity contribution in [2.75, 3.05) is 24.7 Å². The molecule has 2 unspecified atom stereocenters. The van der Waals surface area contributed by atoms with Gasteiger partial charge in [-0.15, -0.1) is 5.10 Å². The second-order valence-corrected chi connectivity index (χ2v) is 5.91. The number of hydrogen-bond donors (Lipinski definition) is 1. The van der Waals surface area contributed by atoms with E-state index in [-0.39, 0.29) is 11.8 Å². The number of rotatable bonds is 3. The number of nitrogens with zero attached hydrogens (tertiary/aromatic N) is 5. The molecular formula is C14H18F3N5O2. The molecule has 3 rings (SSSR count). The van der Waals surface area contributed by atoms with Gasteiger partial charge < -0.3 is 14.7 Å². The summed E-state index contributed by atoms with van der Waals surface area (Å²) in [5.41, 5.74) is 0.543. The van der Waals surface area contributed by atoms with E-state index >= 15 is 0 Å². The summed E-state index contributed by atoms with van der Waals surface area (Å²) in [6, 6.07) is 1.50. The molecule has 2 aromatic rings. The van der Waals surface area contributed by atoms with Crippen LogP contribution in [0.3, 0.4) is 0 Å². The maximum absolute atomic E-state index is 12.9. The van der Waals surface area contributed by atoms with Crippen molar-refractivity contribution < 1.29 is 23.0 Å². The topological polar surface area (TPSA) is 75.8 Å². The first-order valence-corrected chi connectivity index (χ1v) is 7.60. The molecule has 7 nitrogen and oxygen atoms in total. The number of hydrogen-bond acceptors (Lipinski definition) is 6. The van der Waals surface area contributed by atoms with Gasteiger partial charge in [0.1, 0.15) is 5.82 Å². The van der Waals surface area contributed by atoms with Crippen LogP contribution in [0, 0.1) is 6.92 Å². The molecular weight excluding hydrogens is 327 g/mol. The number of alkyl halides is 3. The molecule has 132 valence electrons. The van der Waals surface area contributed by atoms with E-state index in [1.165, 1.54) is 0 Å². The maximum atomic E-state index is 12.9. The van der Waals surface area contributed by atoms with Crippen molar-refractivity contribution in [1.82, 2.24) is 19.6 Å². The van der Waals surface area contributed by atoms with Crippen LogP contribution in [0.15, 0.2) is 6.07 Å². The van der Waals surface area contributed by atoms with E-state index in [1.54, 1.807) is 19.9 Å². The van der Waals surface area contributed by atoms with E-state index in [9.17, 15) is 18.3 Å². The molecule has 1 N–H and O–H groups in total. The highest BCUT2D eigenvalue weighted by molar-refractivity contribution is 5.49. The standard InChI is InChI=1S/C14H18F3N5O2/c1-8-5-11(21-3-4-24-7-10(21)6-9(2)23)22-13(18-8)19-12(20-22)14(15,16)17/h5,9-10,23H,3-4,6-7H2,1-2H3. The van der Waals surface area contributed by atoms with Gasteiger partial charge in [0.2, 0.25) is 0 Å². The smallest absolute Gasteiger partial charge is 0.393 e. The molecule has 0 amide bonds. The molecule has 0 bridgehead atoms. The highest BCUT2D eigenvalue weighted by Gasteiger charge is 2.37. The molecule has 0 spiro atoms. The molecule has 0 aromatic carbocycles. The van der Waals surface area contributed by atoms with Gasteiger partial charge in [-0.1, -0.05) is 0 Å². The van der Waals surface area contributed by atoms with Gasteiger partial charge in [-0.2, -0.15) is 22.7 Å². The van der Waals surface area contributed by atoms with Gasteiger partial charge >= 0.3 is 6.18 Å². The average Bonchev–Trinajstić information content (AvgIpc) is 2.90. The maximum Gasteiger partial charge on any atom is 0.453 e. The predicted octanol–water partition coefficient (Wildman–Crippen LogP) is 1.43. The Morgan fingerprint density at radius 1 is 1.42 bits per heavy atom. The lowest BCUT2D eigenvalue weighted by Crippen LogP contribution is -2.47. The first-order valence-electron chi connectivity index (χ1n) is 7.60. The molecule has 1 saturated heterocycles. The Morgan fingerprint density at radius 2 is 2.17 bits per heavy atom. The third-order valence-corrected chi connectivity index (χ3v) is 3.81. The molecule has 2 aromatic heterocycles. The van der Waals surface area contributed by atoms with E-state index < -0.39 is 18.1 Å². The van der Waals surface area contributed by atoms with Gasteiger partial charge in [-0.25, -0.2) is 4.98 Å². The Hall–Kier alpha value is -1.94. The van der Waals surface area contributed by atoms with Crippen molar-refractivity contribution in [2.24, 2.45) is 0 Å². The van der Waals surface area contributed by atoms with E-state index in [1.807, 2.05) is 4.90 Å². The number of aliphatic hydroxyl groups is 1. The van der Waals surface area contributed by atoms with Crippen LogP contribution in [0.4, 0.5) is 19.0 Å². The number of aliphatic hydroxyl groups excluding tert-OH is 1. The molecule has 3 heterocycles. The lowest BCUT2D eigenvalue weighted by atomic mass is 10.1. The van der Waals surface area contributed by atoms with Crippen LogP contribution in [0.5, 0.6) is 0 Å². The Morgan fingerprint density at radius 3 is 2.83 bits per heavy atom. The zero-order chi connectivity index (χ0) is 17.5. The van der Waals surface area contributed by atoms with Crippen LogP contribution in [0.25, 0.3) is 5.78 Å². The fraction of sp³-hybridized carbons (Fsp3) is 0.643. The third kappa shape index (κ3) is 3.29. The van der Waals surface area contributed by atoms with Crippen molar-refractivity contribution in [3.05, 3.63) is 17.6 Å². The van der Waals surface area contributed by atoms with Gasteiger partial charge in [-0.3, -0.25) is 0 Å². The van der Waals surface area contributed by atoms with Crippen molar-refractivity contribution in [3.8, 4) is 0 Å². The molecule has 1 aliphatic rings. The minimum absolute atomic E-state index is 0.0976. The molecule has 0 aliphatic carbocycles. The Balaban J connectivity index is 2.08. The van der Waals surface area contributed by atoms with Crippen molar-refractivity contribution in [1.29, 1.82) is 0 Å². The summed E-state index contributed by atoms with van der Waals surface area (Å²) in [4.78, 5) is 9.42. The normalized spacial score (nSPS) is 20.6. The zero-order valence-corrected chi connectivity index (χ0v) is 13.3. The lowest BCUT2D eigenvalue weighted by molar-refractivity contribution is -0.144. The fourth-order valence-corrected chi connectivity index (χ4v) is 2.84. The summed E-state index contributed by atoms with van der Waals surface area (Å²) in [5, 5.41) is 13.3. The van der Waals surface area contributed by atoms with Gasteiger partial charge in [0.15, 0.2) is 0 Å². The van der Waals surface area contributed by atoms with Gasteiger partial charge in [0.05, 0.1) is 25.4 Å². The number of anilines is 1. The first-order chi connectivity index (χ1) is 11.3. The van der Waals surface area contributed by atoms with Crippen LogP contribution in [0.2, 0.25) is 0 Å². The molecule has 0 saturated carbocycles. The SMILES string of the molecule is Cc1cc(N2CCOCC2CC(C)O)n2nc(C(F)(F)F)nc2n1. The van der Waals surface area contributed by atoms with E-state index in [0.717, 1.165) is 4.52 Å². The molecule has 0 radical (unpaired) electrons. The van der Waals surface area contributed by atoms with Gasteiger partial charge in [0.25, 0.3) is 11.6 Å². The summed E-state index contributed by atoms with van der Waals surface area (Å²) in [5.74, 6) is -0.851. The fourth-order valence-electron chi connectivity index (χ4n) is 2.84. The summed E-state index contributed by atoms with van der Waals surface area (Å²) in [6.07, 6.45) is -4.76. The largest absolute Gasteiger partial charge is 0.453 e. The van der Waals surface area contributed by atoms with E-state index in [2.05, 4.69) is 15.1 Å². The lowest BCUT2D eigenvalue weighted by Gasteiger charge is -2.37. The zero-order valence-electron chi connectivity index (χ0n) is 13.3. The van der Waals surface area contributed by atoms with Crippen LogP contribution >= 0.6 is 0 Å². The molecule has 1 aliphatic heterocycles. The van der Waals surface area contributed by atoms with Crippen LogP contribution in [-0.2, 0) is 10.9 Å². The Kier molecular flexibility index (Phi) is 4.35. The second kappa shape index (κ2) is 6.17. The van der Waals surface area contributed by atoms with Crippen molar-refractivity contribution >= 4 is 11.6 Å². The number of aromatic nitrogens is 4. The van der Waals surface area contributed by atoms with Gasteiger partial charge in [0, 0.05) is 18.3 Å². The molecule has 1 fully saturated rings. The summed E-state index contributed by atoms with van der Waals surface area (Å²) < 4.78 is 45.3. The summed E-state index contributed by atoms with van der Waals surface area (Å²) >= 11 is 0. The minimum atomic E-state index is -4.64. The van der Waals surface area contributed by atoms with Gasteiger partial charge in [-0.05, 0) is 20.3 Å². The van der Waals surface area contributed by atoms with Crippen LogP contribution in [0.1, 0.15) is 24.9 Å². The molecule has 10 heteroatoms. The van der Waals surface area contributed by atoms with Crippen LogP contribution in [-0.4, -0.2) is 56.6 Å². The number of halogens is 3. The Labute approximate surface area is 136 Å². The summed E-state index contributed by atoms with van der Waals surface area (Å²) in [6.45, 7) is 4.67. The highest BCUT2D eigenvalue weighted by atomic mass is 19.4. The monoisotopic (exact) mass is 345 g/mol. The number of aryl methyl sites for hydroxylation is 1. The predicted molar refractivity (Wildman–Crippen MR) is 78.8 cm³/mol. The quantitative estimate of drug-likeness (QED) is 0.907. The number of fused-ring (bicyclic) bond motifs is 1. The second-order valence-electron chi connectivity index (χ2n) is 5.91. The molecule has 2 atom stereocenters. The first kappa shape index (κ1) is 16.9. The van der Waals surface area contributed by atoms with E-state index in [0.29, 0.717) is 37.7 Å². The Bertz CT molecular complexity index is 731. The number of morpholine rings is 1. The van der Waals surface area contributed by atoms with Crippen molar-refractivity contribution in [3.63, 3.8) is 0 Å². The van der Waals surface area contributed by atoms with Crippen LogP contribution < -0.4 is 4.90 Å². The third-order valence-electron chi connectivity index (χ3n) is 3.81. The number of ether oxygens (including phenoxy) is 1. The average molecular weight is 345 g/mol. The minimum Gasteiger partial charge on any atom is -0.393 e.